The molecule has 2 rings (SSSR count). The third kappa shape index (κ3) is 7.66. The van der Waals surface area contributed by atoms with Crippen LogP contribution in [0.4, 0.5) is 5.69 Å². The first-order valence-electron chi connectivity index (χ1n) is 10.5. The molecule has 1 aromatic carbocycles. The number of carbonyl (C=O) groups excluding carboxylic acids is 2. The van der Waals surface area contributed by atoms with Crippen molar-refractivity contribution in [3.8, 4) is 5.75 Å². The predicted molar refractivity (Wildman–Crippen MR) is 118 cm³/mol. The Hall–Kier alpha value is -2.03. The topological polar surface area (TPSA) is 120 Å². The minimum absolute atomic E-state index is 0.121. The second-order valence-corrected chi connectivity index (χ2v) is 7.90. The van der Waals surface area contributed by atoms with Gasteiger partial charge in [-0.25, -0.2) is 4.79 Å². The minimum atomic E-state index is -0.495. The van der Waals surface area contributed by atoms with E-state index in [2.05, 4.69) is 10.2 Å². The van der Waals surface area contributed by atoms with Crippen molar-refractivity contribution in [2.45, 2.75) is 44.6 Å². The number of hydrogen-bond donors (Lipinski definition) is 3. The molecular weight excluding hydrogens is 408 g/mol. The largest absolute Gasteiger partial charge is 0.496 e. The van der Waals surface area contributed by atoms with Crippen molar-refractivity contribution in [1.82, 2.24) is 10.2 Å². The van der Waals surface area contributed by atoms with Crippen molar-refractivity contribution in [2.75, 3.05) is 45.6 Å². The molecule has 5 N–H and O–H groups in total. The molecule has 1 aliphatic heterocycles. The molecule has 1 amide bonds. The summed E-state index contributed by atoms with van der Waals surface area (Å²) in [5.41, 5.74) is 11.8. The molecule has 0 unspecified atom stereocenters. The molecule has 1 heterocycles. The number of anilines is 1. The molecule has 1 saturated heterocycles. The Labute approximate surface area is 183 Å². The summed E-state index contributed by atoms with van der Waals surface area (Å²) in [6.45, 7) is 3.29. The molecule has 1 aromatic rings. The number of carbonyl (C=O) groups is 2. The zero-order chi connectivity index (χ0) is 21.9. The molecule has 0 radical (unpaired) electrons. The first-order chi connectivity index (χ1) is 14.4. The van der Waals surface area contributed by atoms with Crippen molar-refractivity contribution in [2.24, 2.45) is 5.73 Å². The van der Waals surface area contributed by atoms with Crippen molar-refractivity contribution >= 4 is 29.2 Å². The van der Waals surface area contributed by atoms with Gasteiger partial charge in [-0.3, -0.25) is 9.69 Å². The zero-order valence-electron chi connectivity index (χ0n) is 17.6. The highest BCUT2D eigenvalue weighted by atomic mass is 35.5. The molecule has 8 nitrogen and oxygen atoms in total. The fraction of sp³-hybridized carbons (Fsp3) is 0.619. The third-order valence-electron chi connectivity index (χ3n) is 5.24. The molecule has 0 saturated carbocycles. The SMILES string of the molecule is COc1cc(N)c(Cl)cc1C(=O)OCCN1CCC(NC(=O)CCCCCN)CC1. The Morgan fingerprint density at radius 2 is 1.97 bits per heavy atom. The van der Waals surface area contributed by atoms with Crippen LogP contribution in [0.3, 0.4) is 0 Å². The summed E-state index contributed by atoms with van der Waals surface area (Å²) in [7, 11) is 1.46. The van der Waals surface area contributed by atoms with E-state index in [0.717, 1.165) is 45.2 Å². The molecule has 168 valence electrons. The molecule has 0 aliphatic carbocycles. The van der Waals surface area contributed by atoms with Crippen molar-refractivity contribution in [3.63, 3.8) is 0 Å². The van der Waals surface area contributed by atoms with Crippen LogP contribution >= 0.6 is 11.6 Å². The van der Waals surface area contributed by atoms with Crippen LogP contribution in [0.1, 0.15) is 48.9 Å². The second kappa shape index (κ2) is 12.6. The maximum Gasteiger partial charge on any atom is 0.342 e. The van der Waals surface area contributed by atoms with Gasteiger partial charge in [0.25, 0.3) is 0 Å². The van der Waals surface area contributed by atoms with E-state index in [9.17, 15) is 9.59 Å². The van der Waals surface area contributed by atoms with Crippen LogP contribution in [0.2, 0.25) is 5.02 Å². The summed E-state index contributed by atoms with van der Waals surface area (Å²) >= 11 is 6.00. The molecule has 0 aromatic heterocycles. The van der Waals surface area contributed by atoms with Crippen molar-refractivity contribution < 1.29 is 19.1 Å². The standard InChI is InChI=1S/C21H33ClN4O4/c1-29-19-14-18(24)17(22)13-16(19)21(28)30-12-11-26-9-6-15(7-10-26)25-20(27)5-3-2-4-8-23/h13-15H,2-12,23-24H2,1H3,(H,25,27). The van der Waals surface area contributed by atoms with E-state index in [1.54, 1.807) is 0 Å². The number of nitrogen functional groups attached to an aromatic ring is 1. The van der Waals surface area contributed by atoms with Gasteiger partial charge < -0.3 is 26.3 Å². The number of amides is 1. The first-order valence-corrected chi connectivity index (χ1v) is 10.8. The summed E-state index contributed by atoms with van der Waals surface area (Å²) in [6.07, 6.45) is 5.20. The van der Waals surface area contributed by atoms with Crippen molar-refractivity contribution in [1.29, 1.82) is 0 Å². The number of piperidine rings is 1. The van der Waals surface area contributed by atoms with E-state index in [-0.39, 0.29) is 29.1 Å². The normalized spacial score (nSPS) is 15.0. The molecule has 9 heteroatoms. The average Bonchev–Trinajstić information content (AvgIpc) is 2.74. The van der Waals surface area contributed by atoms with Crippen LogP contribution in [-0.4, -0.2) is 62.7 Å². The molecule has 1 aliphatic rings. The highest BCUT2D eigenvalue weighted by Crippen LogP contribution is 2.29. The van der Waals surface area contributed by atoms with Crippen LogP contribution in [0.15, 0.2) is 12.1 Å². The number of benzene rings is 1. The Bertz CT molecular complexity index is 708. The van der Waals surface area contributed by atoms with Gasteiger partial charge in [-0.05, 0) is 38.3 Å². The smallest absolute Gasteiger partial charge is 0.342 e. The van der Waals surface area contributed by atoms with Crippen LogP contribution < -0.4 is 21.5 Å². The number of halogens is 1. The van der Waals surface area contributed by atoms with E-state index in [0.29, 0.717) is 30.9 Å². The lowest BCUT2D eigenvalue weighted by Crippen LogP contribution is -2.45. The van der Waals surface area contributed by atoms with Gasteiger partial charge in [0, 0.05) is 38.2 Å². The Morgan fingerprint density at radius 1 is 1.23 bits per heavy atom. The van der Waals surface area contributed by atoms with Crippen LogP contribution in [-0.2, 0) is 9.53 Å². The van der Waals surface area contributed by atoms with Gasteiger partial charge in [-0.1, -0.05) is 18.0 Å². The van der Waals surface area contributed by atoms with Gasteiger partial charge in [0.1, 0.15) is 17.9 Å². The van der Waals surface area contributed by atoms with Gasteiger partial charge in [-0.2, -0.15) is 0 Å². The first kappa shape index (κ1) is 24.2. The highest BCUT2D eigenvalue weighted by Gasteiger charge is 2.21. The molecule has 1 fully saturated rings. The van der Waals surface area contributed by atoms with Crippen LogP contribution in [0, 0.1) is 0 Å². The zero-order valence-corrected chi connectivity index (χ0v) is 18.4. The van der Waals surface area contributed by atoms with Crippen LogP contribution in [0.5, 0.6) is 5.75 Å². The summed E-state index contributed by atoms with van der Waals surface area (Å²) in [4.78, 5) is 26.6. The lowest BCUT2D eigenvalue weighted by molar-refractivity contribution is -0.122. The predicted octanol–water partition coefficient (Wildman–Crippen LogP) is 2.19. The summed E-state index contributed by atoms with van der Waals surface area (Å²) in [5, 5.41) is 3.40. The Kier molecular flexibility index (Phi) is 10.2. The molecule has 30 heavy (non-hydrogen) atoms. The number of likely N-dealkylation sites (tertiary alicyclic amines) is 1. The van der Waals surface area contributed by atoms with Gasteiger partial charge in [-0.15, -0.1) is 0 Å². The van der Waals surface area contributed by atoms with Gasteiger partial charge in [0.2, 0.25) is 5.91 Å². The Balaban J connectivity index is 1.67. The number of rotatable bonds is 11. The number of methoxy groups -OCH3 is 1. The van der Waals surface area contributed by atoms with Gasteiger partial charge in [0.15, 0.2) is 0 Å². The van der Waals surface area contributed by atoms with E-state index in [4.69, 9.17) is 32.5 Å². The summed E-state index contributed by atoms with van der Waals surface area (Å²) in [5.74, 6) is -0.0393. The van der Waals surface area contributed by atoms with E-state index >= 15 is 0 Å². The molecular formula is C21H33ClN4O4. The maximum atomic E-state index is 12.4. The lowest BCUT2D eigenvalue weighted by atomic mass is 10.0. The number of esters is 1. The van der Waals surface area contributed by atoms with Gasteiger partial charge >= 0.3 is 5.97 Å². The number of nitrogens with one attached hydrogen (secondary N) is 1. The van der Waals surface area contributed by atoms with E-state index in [1.165, 1.54) is 19.2 Å². The number of hydrogen-bond acceptors (Lipinski definition) is 7. The third-order valence-corrected chi connectivity index (χ3v) is 5.57. The second-order valence-electron chi connectivity index (χ2n) is 7.49. The fourth-order valence-electron chi connectivity index (χ4n) is 3.45. The average molecular weight is 441 g/mol. The minimum Gasteiger partial charge on any atom is -0.496 e. The number of nitrogens with zero attached hydrogens (tertiary/aromatic N) is 1. The fourth-order valence-corrected chi connectivity index (χ4v) is 3.61. The highest BCUT2D eigenvalue weighted by molar-refractivity contribution is 6.33. The van der Waals surface area contributed by atoms with Crippen LogP contribution in [0.25, 0.3) is 0 Å². The summed E-state index contributed by atoms with van der Waals surface area (Å²) < 4.78 is 10.6. The quantitative estimate of drug-likeness (QED) is 0.274. The number of ether oxygens (including phenoxy) is 2. The molecule has 0 bridgehead atoms. The number of unbranched alkanes of at least 4 members (excludes halogenated alkanes) is 2. The van der Waals surface area contributed by atoms with Gasteiger partial charge in [0.05, 0.1) is 17.8 Å². The Morgan fingerprint density at radius 3 is 2.63 bits per heavy atom. The van der Waals surface area contributed by atoms with Crippen molar-refractivity contribution in [3.05, 3.63) is 22.7 Å². The maximum absolute atomic E-state index is 12.4. The lowest BCUT2D eigenvalue weighted by Gasteiger charge is -2.32. The molecule has 0 spiro atoms. The van der Waals surface area contributed by atoms with E-state index in [1.807, 2.05) is 0 Å². The van der Waals surface area contributed by atoms with E-state index < -0.39 is 5.97 Å². The number of nitrogens with two attached hydrogens (primary N) is 2. The summed E-state index contributed by atoms with van der Waals surface area (Å²) in [6, 6.07) is 3.19. The molecule has 0 atom stereocenters. The monoisotopic (exact) mass is 440 g/mol.